The molecule has 5 nitrogen and oxygen atoms in total. The van der Waals surface area contributed by atoms with E-state index in [1.807, 2.05) is 19.9 Å². The van der Waals surface area contributed by atoms with E-state index in [1.54, 1.807) is 42.5 Å². The van der Waals surface area contributed by atoms with Crippen LogP contribution in [0.15, 0.2) is 48.5 Å². The second-order valence-corrected chi connectivity index (χ2v) is 6.03. The van der Waals surface area contributed by atoms with Gasteiger partial charge in [0.25, 0.3) is 0 Å². The van der Waals surface area contributed by atoms with E-state index in [0.717, 1.165) is 11.4 Å². The molecule has 0 saturated heterocycles. The number of hydrogen-bond donors (Lipinski definition) is 1. The van der Waals surface area contributed by atoms with Gasteiger partial charge in [-0.25, -0.2) is 9.97 Å². The minimum atomic E-state index is -0.169. The van der Waals surface area contributed by atoms with Crippen molar-refractivity contribution in [1.29, 1.82) is 0 Å². The number of rotatable bonds is 2. The molecule has 0 saturated carbocycles. The predicted octanol–water partition coefficient (Wildman–Crippen LogP) is 3.61. The van der Waals surface area contributed by atoms with Crippen LogP contribution in [-0.4, -0.2) is 21.5 Å². The second-order valence-electron chi connectivity index (χ2n) is 6.03. The van der Waals surface area contributed by atoms with Crippen LogP contribution >= 0.6 is 0 Å². The van der Waals surface area contributed by atoms with Gasteiger partial charge in [0.05, 0.1) is 11.3 Å². The van der Waals surface area contributed by atoms with Gasteiger partial charge in [-0.05, 0) is 26.0 Å². The van der Waals surface area contributed by atoms with Crippen LogP contribution in [0.25, 0.3) is 0 Å². The van der Waals surface area contributed by atoms with Crippen LogP contribution in [0.2, 0.25) is 0 Å². The lowest BCUT2D eigenvalue weighted by Crippen LogP contribution is -2.22. The molecule has 1 heterocycles. The highest BCUT2D eigenvalue weighted by molar-refractivity contribution is 6.30. The quantitative estimate of drug-likeness (QED) is 0.608. The van der Waals surface area contributed by atoms with Crippen LogP contribution in [0.4, 0.5) is 11.6 Å². The standard InChI is InChI=1S/C20H15N3O2/c1-11-10-12(2)22-20(21-11)23-16-9-5-8-15-17(16)19(25)14-7-4-3-6-13(14)18(15)24/h3-10H,1-2H3,(H,21,22,23). The van der Waals surface area contributed by atoms with Crippen molar-refractivity contribution in [2.75, 3.05) is 5.32 Å². The predicted molar refractivity (Wildman–Crippen MR) is 94.5 cm³/mol. The lowest BCUT2D eigenvalue weighted by atomic mass is 9.83. The summed E-state index contributed by atoms with van der Waals surface area (Å²) in [7, 11) is 0. The van der Waals surface area contributed by atoms with Crippen LogP contribution in [0, 0.1) is 13.8 Å². The first-order chi connectivity index (χ1) is 12.0. The topological polar surface area (TPSA) is 72.0 Å². The Kier molecular flexibility index (Phi) is 3.42. The van der Waals surface area contributed by atoms with Gasteiger partial charge in [0.2, 0.25) is 5.95 Å². The summed E-state index contributed by atoms with van der Waals surface area (Å²) in [6.07, 6.45) is 0. The molecule has 5 heteroatoms. The Balaban J connectivity index is 1.85. The summed E-state index contributed by atoms with van der Waals surface area (Å²) >= 11 is 0. The number of benzene rings is 2. The summed E-state index contributed by atoms with van der Waals surface area (Å²) < 4.78 is 0. The van der Waals surface area contributed by atoms with Crippen LogP contribution in [0.3, 0.4) is 0 Å². The zero-order valence-electron chi connectivity index (χ0n) is 13.8. The van der Waals surface area contributed by atoms with Gasteiger partial charge in [-0.15, -0.1) is 0 Å². The smallest absolute Gasteiger partial charge is 0.227 e. The Hall–Kier alpha value is -3.34. The van der Waals surface area contributed by atoms with E-state index in [0.29, 0.717) is 33.9 Å². The third-order valence-corrected chi connectivity index (χ3v) is 4.18. The molecule has 0 fully saturated rings. The van der Waals surface area contributed by atoms with Gasteiger partial charge in [0.1, 0.15) is 0 Å². The number of fused-ring (bicyclic) bond motifs is 2. The van der Waals surface area contributed by atoms with E-state index in [2.05, 4.69) is 15.3 Å². The first-order valence-electron chi connectivity index (χ1n) is 7.95. The molecule has 0 bridgehead atoms. The highest BCUT2D eigenvalue weighted by atomic mass is 16.1. The van der Waals surface area contributed by atoms with Gasteiger partial charge >= 0.3 is 0 Å². The Morgan fingerprint density at radius 2 is 1.36 bits per heavy atom. The van der Waals surface area contributed by atoms with E-state index in [-0.39, 0.29) is 11.6 Å². The monoisotopic (exact) mass is 329 g/mol. The van der Waals surface area contributed by atoms with Crippen molar-refractivity contribution < 1.29 is 9.59 Å². The number of anilines is 2. The van der Waals surface area contributed by atoms with Crippen molar-refractivity contribution in [2.45, 2.75) is 13.8 Å². The molecule has 122 valence electrons. The summed E-state index contributed by atoms with van der Waals surface area (Å²) in [5.74, 6) is 0.0953. The number of hydrogen-bond acceptors (Lipinski definition) is 5. The summed E-state index contributed by atoms with van der Waals surface area (Å²) in [5.41, 5.74) is 3.83. The highest BCUT2D eigenvalue weighted by Gasteiger charge is 2.31. The summed E-state index contributed by atoms with van der Waals surface area (Å²) in [4.78, 5) is 34.4. The lowest BCUT2D eigenvalue weighted by Gasteiger charge is -2.20. The van der Waals surface area contributed by atoms with Crippen LogP contribution < -0.4 is 5.32 Å². The Labute approximate surface area is 144 Å². The SMILES string of the molecule is Cc1cc(C)nc(Nc2cccc3c2C(=O)c2ccccc2C3=O)n1. The molecule has 0 atom stereocenters. The molecule has 1 aliphatic rings. The maximum Gasteiger partial charge on any atom is 0.227 e. The summed E-state index contributed by atoms with van der Waals surface area (Å²) in [6.45, 7) is 3.76. The van der Waals surface area contributed by atoms with Crippen molar-refractivity contribution in [3.63, 3.8) is 0 Å². The fourth-order valence-corrected chi connectivity index (χ4v) is 3.15. The van der Waals surface area contributed by atoms with Crippen molar-refractivity contribution in [3.8, 4) is 0 Å². The second kappa shape index (κ2) is 5.63. The third kappa shape index (κ3) is 2.50. The third-order valence-electron chi connectivity index (χ3n) is 4.18. The van der Waals surface area contributed by atoms with E-state index in [9.17, 15) is 9.59 Å². The van der Waals surface area contributed by atoms with Gasteiger partial charge in [-0.1, -0.05) is 36.4 Å². The Morgan fingerprint density at radius 1 is 0.760 bits per heavy atom. The average Bonchev–Trinajstić information content (AvgIpc) is 2.59. The van der Waals surface area contributed by atoms with Crippen molar-refractivity contribution in [3.05, 3.63) is 82.2 Å². The molecule has 2 aromatic carbocycles. The molecule has 1 aromatic heterocycles. The molecule has 0 unspecified atom stereocenters. The average molecular weight is 329 g/mol. The molecule has 0 radical (unpaired) electrons. The van der Waals surface area contributed by atoms with Crippen molar-refractivity contribution in [1.82, 2.24) is 9.97 Å². The molecule has 3 aromatic rings. The molecule has 25 heavy (non-hydrogen) atoms. The number of nitrogens with zero attached hydrogens (tertiary/aromatic N) is 2. The highest BCUT2D eigenvalue weighted by Crippen LogP contribution is 2.32. The van der Waals surface area contributed by atoms with Crippen molar-refractivity contribution >= 4 is 23.2 Å². The van der Waals surface area contributed by atoms with Gasteiger partial charge in [-0.3, -0.25) is 9.59 Å². The molecule has 0 amide bonds. The van der Waals surface area contributed by atoms with Crippen LogP contribution in [0.5, 0.6) is 0 Å². The molecule has 1 N–H and O–H groups in total. The largest absolute Gasteiger partial charge is 0.323 e. The van der Waals surface area contributed by atoms with E-state index < -0.39 is 0 Å². The number of nitrogens with one attached hydrogen (secondary N) is 1. The summed E-state index contributed by atoms with van der Waals surface area (Å²) in [6, 6.07) is 14.0. The maximum atomic E-state index is 13.0. The minimum absolute atomic E-state index is 0.143. The molecule has 4 rings (SSSR count). The fraction of sp³-hybridized carbons (Fsp3) is 0.100. The maximum absolute atomic E-state index is 13.0. The Bertz CT molecular complexity index is 1020. The number of ketones is 2. The molecular weight excluding hydrogens is 314 g/mol. The minimum Gasteiger partial charge on any atom is -0.323 e. The fourth-order valence-electron chi connectivity index (χ4n) is 3.15. The number of carbonyl (C=O) groups is 2. The van der Waals surface area contributed by atoms with Crippen molar-refractivity contribution in [2.24, 2.45) is 0 Å². The number of carbonyl (C=O) groups excluding carboxylic acids is 2. The van der Waals surface area contributed by atoms with E-state index >= 15 is 0 Å². The molecule has 0 spiro atoms. The molecule has 1 aliphatic carbocycles. The first kappa shape index (κ1) is 15.2. The molecular formula is C20H15N3O2. The van der Waals surface area contributed by atoms with E-state index in [1.165, 1.54) is 0 Å². The Morgan fingerprint density at radius 3 is 2.04 bits per heavy atom. The van der Waals surface area contributed by atoms with Gasteiger partial charge in [0.15, 0.2) is 11.6 Å². The zero-order chi connectivity index (χ0) is 17.6. The van der Waals surface area contributed by atoms with Crippen LogP contribution in [0.1, 0.15) is 43.2 Å². The first-order valence-corrected chi connectivity index (χ1v) is 7.95. The van der Waals surface area contributed by atoms with Gasteiger partial charge < -0.3 is 5.32 Å². The number of aryl methyl sites for hydroxylation is 2. The van der Waals surface area contributed by atoms with Gasteiger partial charge in [0, 0.05) is 28.1 Å². The summed E-state index contributed by atoms with van der Waals surface area (Å²) in [5, 5.41) is 3.10. The lowest BCUT2D eigenvalue weighted by molar-refractivity contribution is 0.0979. The molecule has 0 aliphatic heterocycles. The normalized spacial score (nSPS) is 12.6. The number of aromatic nitrogens is 2. The van der Waals surface area contributed by atoms with E-state index in [4.69, 9.17) is 0 Å². The van der Waals surface area contributed by atoms with Gasteiger partial charge in [-0.2, -0.15) is 0 Å². The van der Waals surface area contributed by atoms with Crippen LogP contribution in [-0.2, 0) is 0 Å². The zero-order valence-corrected chi connectivity index (χ0v) is 13.8.